The van der Waals surface area contributed by atoms with Crippen LogP contribution in [0.3, 0.4) is 0 Å². The van der Waals surface area contributed by atoms with E-state index in [2.05, 4.69) is 34.6 Å². The van der Waals surface area contributed by atoms with Gasteiger partial charge in [-0.1, -0.05) is 375 Å². The molecule has 3 N–H and O–H groups in total. The van der Waals surface area contributed by atoms with E-state index in [0.29, 0.717) is 25.7 Å². The summed E-state index contributed by atoms with van der Waals surface area (Å²) in [7, 11) is -9.91. The molecule has 588 valence electrons. The van der Waals surface area contributed by atoms with Crippen molar-refractivity contribution in [2.75, 3.05) is 39.6 Å². The number of carbonyl (C=O) groups is 4. The fourth-order valence-electron chi connectivity index (χ4n) is 12.4. The summed E-state index contributed by atoms with van der Waals surface area (Å²) in [4.78, 5) is 72.9. The van der Waals surface area contributed by atoms with Crippen molar-refractivity contribution in [3.63, 3.8) is 0 Å². The number of unbranched alkanes of at least 4 members (excludes halogenated alkanes) is 52. The Morgan fingerprint density at radius 3 is 0.687 bits per heavy atom. The van der Waals surface area contributed by atoms with Crippen molar-refractivity contribution < 1.29 is 80.2 Å². The van der Waals surface area contributed by atoms with Gasteiger partial charge in [0.15, 0.2) is 12.2 Å². The van der Waals surface area contributed by atoms with Crippen LogP contribution >= 0.6 is 15.6 Å². The van der Waals surface area contributed by atoms with Crippen LogP contribution in [0.5, 0.6) is 0 Å². The molecule has 19 heteroatoms. The number of phosphoric acid groups is 2. The van der Waals surface area contributed by atoms with Gasteiger partial charge >= 0.3 is 39.5 Å². The van der Waals surface area contributed by atoms with Crippen molar-refractivity contribution in [3.05, 3.63) is 0 Å². The molecule has 0 bridgehead atoms. The van der Waals surface area contributed by atoms with Crippen LogP contribution in [-0.2, 0) is 65.4 Å². The van der Waals surface area contributed by atoms with Gasteiger partial charge in [0.1, 0.15) is 19.3 Å². The number of hydrogen-bond donors (Lipinski definition) is 3. The molecule has 0 aromatic heterocycles. The average molecular weight is 1450 g/mol. The van der Waals surface area contributed by atoms with Crippen LogP contribution in [0.25, 0.3) is 0 Å². The first-order valence-corrected chi connectivity index (χ1v) is 44.6. The van der Waals surface area contributed by atoms with E-state index in [-0.39, 0.29) is 25.7 Å². The highest BCUT2D eigenvalue weighted by atomic mass is 31.2. The van der Waals surface area contributed by atoms with Crippen molar-refractivity contribution in [3.8, 4) is 0 Å². The number of phosphoric ester groups is 2. The molecule has 0 spiro atoms. The van der Waals surface area contributed by atoms with Gasteiger partial charge in [-0.3, -0.25) is 37.3 Å². The molecule has 99 heavy (non-hydrogen) atoms. The van der Waals surface area contributed by atoms with Gasteiger partial charge in [0.2, 0.25) is 0 Å². The van der Waals surface area contributed by atoms with Gasteiger partial charge in [0.25, 0.3) is 0 Å². The minimum Gasteiger partial charge on any atom is -0.462 e. The molecule has 0 saturated heterocycles. The Bertz CT molecular complexity index is 1890. The predicted octanol–water partition coefficient (Wildman–Crippen LogP) is 24.0. The second-order valence-electron chi connectivity index (χ2n) is 29.3. The van der Waals surface area contributed by atoms with E-state index in [1.54, 1.807) is 0 Å². The lowest BCUT2D eigenvalue weighted by atomic mass is 10.0. The van der Waals surface area contributed by atoms with Gasteiger partial charge in [-0.05, 0) is 31.6 Å². The monoisotopic (exact) mass is 1450 g/mol. The number of aliphatic hydroxyl groups is 1. The van der Waals surface area contributed by atoms with Gasteiger partial charge in [-0.2, -0.15) is 0 Å². The van der Waals surface area contributed by atoms with E-state index in [1.807, 2.05) is 0 Å². The van der Waals surface area contributed by atoms with Gasteiger partial charge in [0.05, 0.1) is 26.4 Å². The molecule has 0 aliphatic carbocycles. The van der Waals surface area contributed by atoms with Crippen molar-refractivity contribution in [2.45, 2.75) is 445 Å². The van der Waals surface area contributed by atoms with Gasteiger partial charge in [-0.25, -0.2) is 9.13 Å². The number of aliphatic hydroxyl groups excluding tert-OH is 1. The third-order valence-corrected chi connectivity index (χ3v) is 20.7. The van der Waals surface area contributed by atoms with Crippen LogP contribution in [-0.4, -0.2) is 96.7 Å². The normalized spacial score (nSPS) is 13.9. The van der Waals surface area contributed by atoms with Crippen LogP contribution in [0, 0.1) is 5.92 Å². The predicted molar refractivity (Wildman–Crippen MR) is 405 cm³/mol. The first-order chi connectivity index (χ1) is 48.0. The molecular formula is C80H156O17P2. The Labute approximate surface area is 607 Å². The highest BCUT2D eigenvalue weighted by Gasteiger charge is 2.30. The second-order valence-corrected chi connectivity index (χ2v) is 32.2. The Morgan fingerprint density at radius 1 is 0.273 bits per heavy atom. The molecular weight excluding hydrogens is 1290 g/mol. The van der Waals surface area contributed by atoms with Gasteiger partial charge in [-0.15, -0.1) is 0 Å². The summed E-state index contributed by atoms with van der Waals surface area (Å²) >= 11 is 0. The van der Waals surface area contributed by atoms with Crippen LogP contribution in [0.4, 0.5) is 0 Å². The summed E-state index contributed by atoms with van der Waals surface area (Å²) in [6.45, 7) is 7.35. The Balaban J connectivity index is 5.22. The molecule has 0 aromatic rings. The molecule has 0 amide bonds. The first kappa shape index (κ1) is 97.1. The fourth-order valence-corrected chi connectivity index (χ4v) is 14.0. The first-order valence-electron chi connectivity index (χ1n) is 41.6. The summed E-state index contributed by atoms with van der Waals surface area (Å²) < 4.78 is 68.7. The number of carbonyl (C=O) groups excluding carboxylic acids is 4. The van der Waals surface area contributed by atoms with E-state index in [4.69, 9.17) is 37.0 Å². The highest BCUT2D eigenvalue weighted by Crippen LogP contribution is 2.45. The SMILES string of the molecule is CCCCCCCCCCCCCCCCCCC(=O)OC[C@H](COP(=O)(O)OC[C@@H](O)COP(=O)(O)OC[C@@H](COC(=O)CCCCCCCCCCC)OC(=O)CCCCCCCCCCCCCCCCC)OC(=O)CCCCCCCCCCCCCCCCCCC(C)C. The zero-order valence-corrected chi connectivity index (χ0v) is 66.4. The second kappa shape index (κ2) is 73.0. The zero-order chi connectivity index (χ0) is 72.7. The summed E-state index contributed by atoms with van der Waals surface area (Å²) in [5.74, 6) is -1.30. The quantitative estimate of drug-likeness (QED) is 0.0222. The number of esters is 4. The minimum atomic E-state index is -4.96. The molecule has 0 rings (SSSR count). The van der Waals surface area contributed by atoms with Gasteiger partial charge in [0, 0.05) is 25.7 Å². The van der Waals surface area contributed by atoms with Gasteiger partial charge < -0.3 is 33.8 Å². The maximum atomic E-state index is 13.1. The van der Waals surface area contributed by atoms with Crippen LogP contribution < -0.4 is 0 Å². The van der Waals surface area contributed by atoms with E-state index >= 15 is 0 Å². The van der Waals surface area contributed by atoms with Crippen molar-refractivity contribution in [2.24, 2.45) is 5.92 Å². The molecule has 0 aliphatic rings. The molecule has 0 aromatic carbocycles. The molecule has 0 fully saturated rings. The molecule has 2 unspecified atom stereocenters. The summed E-state index contributed by atoms with van der Waals surface area (Å²) in [6.07, 6.45) is 63.7. The average Bonchev–Trinajstić information content (AvgIpc) is 1.07. The summed E-state index contributed by atoms with van der Waals surface area (Å²) in [5.41, 5.74) is 0. The number of rotatable bonds is 80. The van der Waals surface area contributed by atoms with Crippen molar-refractivity contribution >= 4 is 39.5 Å². The lowest BCUT2D eigenvalue weighted by molar-refractivity contribution is -0.161. The maximum absolute atomic E-state index is 13.1. The smallest absolute Gasteiger partial charge is 0.462 e. The third-order valence-electron chi connectivity index (χ3n) is 18.8. The van der Waals surface area contributed by atoms with Crippen molar-refractivity contribution in [1.82, 2.24) is 0 Å². The Kier molecular flexibility index (Phi) is 71.6. The lowest BCUT2D eigenvalue weighted by Gasteiger charge is -2.21. The topological polar surface area (TPSA) is 237 Å². The molecule has 17 nitrogen and oxygen atoms in total. The van der Waals surface area contributed by atoms with E-state index in [9.17, 15) is 43.2 Å². The maximum Gasteiger partial charge on any atom is 0.472 e. The zero-order valence-electron chi connectivity index (χ0n) is 64.6. The number of ether oxygens (including phenoxy) is 4. The van der Waals surface area contributed by atoms with E-state index < -0.39 is 97.5 Å². The number of hydrogen-bond acceptors (Lipinski definition) is 15. The molecule has 0 saturated carbocycles. The summed E-state index contributed by atoms with van der Waals surface area (Å²) in [6, 6.07) is 0. The third kappa shape index (κ3) is 74.1. The van der Waals surface area contributed by atoms with Crippen LogP contribution in [0.1, 0.15) is 426 Å². The molecule has 0 radical (unpaired) electrons. The molecule has 0 aliphatic heterocycles. The van der Waals surface area contributed by atoms with E-state index in [1.165, 1.54) is 250 Å². The molecule has 0 heterocycles. The lowest BCUT2D eigenvalue weighted by Crippen LogP contribution is -2.30. The largest absolute Gasteiger partial charge is 0.472 e. The Hall–Kier alpha value is -1.94. The minimum absolute atomic E-state index is 0.108. The van der Waals surface area contributed by atoms with Crippen LogP contribution in [0.15, 0.2) is 0 Å². The van der Waals surface area contributed by atoms with E-state index in [0.717, 1.165) is 95.8 Å². The highest BCUT2D eigenvalue weighted by molar-refractivity contribution is 7.47. The van der Waals surface area contributed by atoms with Crippen LogP contribution in [0.2, 0.25) is 0 Å². The Morgan fingerprint density at radius 2 is 0.465 bits per heavy atom. The van der Waals surface area contributed by atoms with Crippen molar-refractivity contribution in [1.29, 1.82) is 0 Å². The summed E-state index contributed by atoms with van der Waals surface area (Å²) in [5, 5.41) is 10.6. The fraction of sp³-hybridized carbons (Fsp3) is 0.950. The molecule has 5 atom stereocenters. The standard InChI is InChI=1S/C80H156O17P2/c1-6-9-12-15-18-21-23-25-27-32-35-39-44-49-54-59-64-78(83)91-70-76(97-80(85)66-61-56-51-46-41-37-33-29-28-31-34-38-43-47-52-57-62-73(4)5)72-95-99(88,89)93-68-74(81)67-92-98(86,87)94-71-75(69-90-77(82)63-58-53-48-42-20-17-14-11-8-3)96-79(84)65-60-55-50-45-40-36-30-26-24-22-19-16-13-10-7-2/h73-76,81H,6-72H2,1-5H3,(H,86,87)(H,88,89)/t74-,75+,76+/m0/s1.